The van der Waals surface area contributed by atoms with E-state index in [9.17, 15) is 9.59 Å². The van der Waals surface area contributed by atoms with Gasteiger partial charge in [0.2, 0.25) is 0 Å². The number of hydrazone groups is 1. The maximum atomic E-state index is 12.8. The van der Waals surface area contributed by atoms with Crippen LogP contribution in [-0.4, -0.2) is 28.0 Å². The quantitative estimate of drug-likeness (QED) is 0.486. The molecule has 0 aliphatic carbocycles. The lowest BCUT2D eigenvalue weighted by molar-refractivity contribution is -0.123. The van der Waals surface area contributed by atoms with E-state index in [1.54, 1.807) is 13.8 Å². The van der Waals surface area contributed by atoms with Crippen molar-refractivity contribution in [2.45, 2.75) is 34.6 Å². The lowest BCUT2D eigenvalue weighted by Crippen LogP contribution is -2.27. The van der Waals surface area contributed by atoms with Gasteiger partial charge in [-0.2, -0.15) is 5.10 Å². The van der Waals surface area contributed by atoms with Gasteiger partial charge in [0.05, 0.1) is 17.0 Å². The standard InChI is InChI=1S/C23H26N4O3/c1-14-11-15(2)22(16(3)12-14)30-13-20(28)25-24-17(4)21-18(5)26-27(23(21)29)19-9-7-6-8-10-19/h6-12,26H,13H2,1-5H3,(H,25,28)/b24-17+. The molecule has 156 valence electrons. The zero-order valence-electron chi connectivity index (χ0n) is 17.9. The smallest absolute Gasteiger partial charge is 0.280 e. The Labute approximate surface area is 175 Å². The number of benzene rings is 2. The van der Waals surface area contributed by atoms with Crippen LogP contribution in [0.25, 0.3) is 5.69 Å². The van der Waals surface area contributed by atoms with Crippen molar-refractivity contribution >= 4 is 11.6 Å². The number of aromatic nitrogens is 2. The van der Waals surface area contributed by atoms with E-state index >= 15 is 0 Å². The van der Waals surface area contributed by atoms with Crippen LogP contribution >= 0.6 is 0 Å². The third-order valence-electron chi connectivity index (χ3n) is 4.75. The molecule has 0 saturated carbocycles. The molecule has 1 aromatic heterocycles. The van der Waals surface area contributed by atoms with Crippen LogP contribution in [-0.2, 0) is 4.79 Å². The van der Waals surface area contributed by atoms with Crippen molar-refractivity contribution in [2.75, 3.05) is 6.61 Å². The van der Waals surface area contributed by atoms with E-state index in [1.807, 2.05) is 63.2 Å². The highest BCUT2D eigenvalue weighted by Gasteiger charge is 2.15. The Morgan fingerprint density at radius 1 is 1.10 bits per heavy atom. The molecule has 2 N–H and O–H groups in total. The number of nitrogens with zero attached hydrogens (tertiary/aromatic N) is 2. The molecule has 3 aromatic rings. The first kappa shape index (κ1) is 21.1. The van der Waals surface area contributed by atoms with E-state index in [0.717, 1.165) is 22.4 Å². The number of nitrogens with one attached hydrogen (secondary N) is 2. The lowest BCUT2D eigenvalue weighted by atomic mass is 10.1. The number of amides is 1. The van der Waals surface area contributed by atoms with Gasteiger partial charge in [-0.1, -0.05) is 35.9 Å². The monoisotopic (exact) mass is 406 g/mol. The maximum Gasteiger partial charge on any atom is 0.280 e. The summed E-state index contributed by atoms with van der Waals surface area (Å²) in [4.78, 5) is 25.0. The largest absolute Gasteiger partial charge is 0.483 e. The predicted octanol–water partition coefficient (Wildman–Crippen LogP) is 3.32. The molecule has 30 heavy (non-hydrogen) atoms. The summed E-state index contributed by atoms with van der Waals surface area (Å²) in [6.07, 6.45) is 0. The van der Waals surface area contributed by atoms with Gasteiger partial charge in [0, 0.05) is 5.69 Å². The number of carbonyl (C=O) groups is 1. The summed E-state index contributed by atoms with van der Waals surface area (Å²) in [6.45, 7) is 9.22. The Kier molecular flexibility index (Phi) is 6.20. The fourth-order valence-electron chi connectivity index (χ4n) is 3.50. The predicted molar refractivity (Wildman–Crippen MR) is 118 cm³/mol. The number of aromatic amines is 1. The van der Waals surface area contributed by atoms with Gasteiger partial charge in [-0.05, 0) is 57.9 Å². The van der Waals surface area contributed by atoms with Crippen LogP contribution in [0, 0.1) is 27.7 Å². The van der Waals surface area contributed by atoms with Crippen molar-refractivity contribution < 1.29 is 9.53 Å². The molecule has 0 aliphatic heterocycles. The highest BCUT2D eigenvalue weighted by molar-refractivity contribution is 6.00. The van der Waals surface area contributed by atoms with Gasteiger partial charge in [-0.15, -0.1) is 0 Å². The summed E-state index contributed by atoms with van der Waals surface area (Å²) in [5, 5.41) is 7.15. The molecule has 0 saturated heterocycles. The van der Waals surface area contributed by atoms with E-state index in [2.05, 4.69) is 15.6 Å². The van der Waals surface area contributed by atoms with Crippen LogP contribution in [0.1, 0.15) is 34.9 Å². The zero-order valence-corrected chi connectivity index (χ0v) is 17.9. The first-order valence-electron chi connectivity index (χ1n) is 9.69. The van der Waals surface area contributed by atoms with Gasteiger partial charge >= 0.3 is 0 Å². The summed E-state index contributed by atoms with van der Waals surface area (Å²) >= 11 is 0. The first-order chi connectivity index (χ1) is 14.3. The van der Waals surface area contributed by atoms with Crippen molar-refractivity contribution in [2.24, 2.45) is 5.10 Å². The van der Waals surface area contributed by atoms with Crippen LogP contribution in [0.15, 0.2) is 52.4 Å². The molecular formula is C23H26N4O3. The number of hydrogen-bond acceptors (Lipinski definition) is 4. The van der Waals surface area contributed by atoms with E-state index in [4.69, 9.17) is 4.74 Å². The van der Waals surface area contributed by atoms with Crippen molar-refractivity contribution in [1.29, 1.82) is 0 Å². The fraction of sp³-hybridized carbons (Fsp3) is 0.261. The van der Waals surface area contributed by atoms with Crippen molar-refractivity contribution in [3.8, 4) is 11.4 Å². The van der Waals surface area contributed by atoms with Gasteiger partial charge in [0.25, 0.3) is 11.5 Å². The highest BCUT2D eigenvalue weighted by atomic mass is 16.5. The Morgan fingerprint density at radius 3 is 2.37 bits per heavy atom. The fourth-order valence-corrected chi connectivity index (χ4v) is 3.50. The Morgan fingerprint density at radius 2 is 1.73 bits per heavy atom. The van der Waals surface area contributed by atoms with E-state index < -0.39 is 5.91 Å². The molecule has 0 atom stereocenters. The minimum Gasteiger partial charge on any atom is -0.483 e. The minimum absolute atomic E-state index is 0.165. The number of carbonyl (C=O) groups excluding carboxylic acids is 1. The molecule has 0 bridgehead atoms. The van der Waals surface area contributed by atoms with Crippen LogP contribution in [0.2, 0.25) is 0 Å². The second-order valence-electron chi connectivity index (χ2n) is 7.34. The van der Waals surface area contributed by atoms with Crippen molar-refractivity contribution in [3.63, 3.8) is 0 Å². The van der Waals surface area contributed by atoms with E-state index in [-0.39, 0.29) is 12.2 Å². The highest BCUT2D eigenvalue weighted by Crippen LogP contribution is 2.24. The Hall–Kier alpha value is -3.61. The first-order valence-corrected chi connectivity index (χ1v) is 9.69. The molecule has 1 amide bonds. The SMILES string of the molecule is C/C(=N\NC(=O)COc1c(C)cc(C)cc1C)c1c(C)[nH]n(-c2ccccc2)c1=O. The third-order valence-corrected chi connectivity index (χ3v) is 4.75. The van der Waals surface area contributed by atoms with Crippen LogP contribution < -0.4 is 15.7 Å². The number of rotatable bonds is 6. The summed E-state index contributed by atoms with van der Waals surface area (Å²) in [5.41, 5.74) is 7.57. The molecule has 0 unspecified atom stereocenters. The number of H-pyrrole nitrogens is 1. The molecule has 0 fully saturated rings. The van der Waals surface area contributed by atoms with Gasteiger partial charge in [-0.25, -0.2) is 10.1 Å². The molecule has 3 rings (SSSR count). The van der Waals surface area contributed by atoms with Crippen molar-refractivity contribution in [1.82, 2.24) is 15.2 Å². The van der Waals surface area contributed by atoms with Crippen LogP contribution in [0.5, 0.6) is 5.75 Å². The second kappa shape index (κ2) is 8.82. The summed E-state index contributed by atoms with van der Waals surface area (Å²) in [6, 6.07) is 13.3. The Balaban J connectivity index is 1.71. The summed E-state index contributed by atoms with van der Waals surface area (Å²) in [7, 11) is 0. The van der Waals surface area contributed by atoms with Crippen LogP contribution in [0.3, 0.4) is 0 Å². The van der Waals surface area contributed by atoms with E-state index in [1.165, 1.54) is 4.68 Å². The Bertz CT molecular complexity index is 1130. The van der Waals surface area contributed by atoms with Crippen molar-refractivity contribution in [3.05, 3.63) is 80.8 Å². The van der Waals surface area contributed by atoms with Crippen LogP contribution in [0.4, 0.5) is 0 Å². The summed E-state index contributed by atoms with van der Waals surface area (Å²) in [5.74, 6) is 0.300. The average molecular weight is 406 g/mol. The number of hydrogen-bond donors (Lipinski definition) is 2. The third kappa shape index (κ3) is 4.51. The number of ether oxygens (including phenoxy) is 1. The molecular weight excluding hydrogens is 380 g/mol. The molecule has 2 aromatic carbocycles. The van der Waals surface area contributed by atoms with Gasteiger partial charge in [-0.3, -0.25) is 14.7 Å². The molecule has 0 radical (unpaired) electrons. The van der Waals surface area contributed by atoms with E-state index in [0.29, 0.717) is 22.7 Å². The molecule has 1 heterocycles. The molecule has 0 spiro atoms. The lowest BCUT2D eigenvalue weighted by Gasteiger charge is -2.12. The average Bonchev–Trinajstić information content (AvgIpc) is 3.00. The van der Waals surface area contributed by atoms with Gasteiger partial charge < -0.3 is 4.74 Å². The molecule has 7 nitrogen and oxygen atoms in total. The number of para-hydroxylation sites is 1. The maximum absolute atomic E-state index is 12.8. The topological polar surface area (TPSA) is 88.5 Å². The normalized spacial score (nSPS) is 11.4. The molecule has 7 heteroatoms. The second-order valence-corrected chi connectivity index (χ2v) is 7.34. The summed E-state index contributed by atoms with van der Waals surface area (Å²) < 4.78 is 7.13. The van der Waals surface area contributed by atoms with Gasteiger partial charge in [0.15, 0.2) is 6.61 Å². The minimum atomic E-state index is -0.398. The molecule has 0 aliphatic rings. The number of aryl methyl sites for hydroxylation is 4. The van der Waals surface area contributed by atoms with Gasteiger partial charge in [0.1, 0.15) is 5.75 Å². The zero-order chi connectivity index (χ0) is 21.8.